The van der Waals surface area contributed by atoms with Crippen molar-refractivity contribution in [3.05, 3.63) is 42.5 Å². The molecule has 1 aliphatic rings. The van der Waals surface area contributed by atoms with Gasteiger partial charge in [0.05, 0.1) is 6.04 Å². The predicted molar refractivity (Wildman–Crippen MR) is 90.3 cm³/mol. The Bertz CT molecular complexity index is 492. The largest absolute Gasteiger partial charge is 0.492 e. The van der Waals surface area contributed by atoms with Crippen LogP contribution in [0.3, 0.4) is 0 Å². The van der Waals surface area contributed by atoms with E-state index in [1.165, 1.54) is 19.3 Å². The molecule has 0 N–H and O–H groups in total. The van der Waals surface area contributed by atoms with Crippen molar-refractivity contribution < 1.29 is 9.53 Å². The van der Waals surface area contributed by atoms with Gasteiger partial charge in [-0.3, -0.25) is 9.69 Å². The third-order valence-electron chi connectivity index (χ3n) is 4.20. The molecule has 1 aromatic carbocycles. The number of carbonyl (C=O) groups is 1. The van der Waals surface area contributed by atoms with E-state index in [0.717, 1.165) is 30.8 Å². The summed E-state index contributed by atoms with van der Waals surface area (Å²) < 4.78 is 6.06. The highest BCUT2D eigenvalue weighted by molar-refractivity contribution is 5.76. The summed E-state index contributed by atoms with van der Waals surface area (Å²) in [6, 6.07) is 8.26. The van der Waals surface area contributed by atoms with E-state index >= 15 is 0 Å². The van der Waals surface area contributed by atoms with Crippen LogP contribution in [0.2, 0.25) is 0 Å². The number of likely N-dealkylation sites (tertiary alicyclic amines) is 1. The Kier molecular flexibility index (Phi) is 6.66. The van der Waals surface area contributed by atoms with Crippen molar-refractivity contribution in [3.63, 3.8) is 0 Å². The molecule has 120 valence electrons. The molecule has 3 heteroatoms. The van der Waals surface area contributed by atoms with Gasteiger partial charge in [-0.05, 0) is 50.9 Å². The highest BCUT2D eigenvalue weighted by Crippen LogP contribution is 2.21. The second kappa shape index (κ2) is 8.74. The lowest BCUT2D eigenvalue weighted by Gasteiger charge is -2.34. The van der Waals surface area contributed by atoms with Crippen molar-refractivity contribution in [2.75, 3.05) is 19.7 Å². The van der Waals surface area contributed by atoms with Crippen LogP contribution in [0.25, 0.3) is 0 Å². The van der Waals surface area contributed by atoms with Crippen molar-refractivity contribution in [2.45, 2.75) is 45.1 Å². The third-order valence-corrected chi connectivity index (χ3v) is 4.20. The van der Waals surface area contributed by atoms with Crippen LogP contribution in [0, 0.1) is 0 Å². The lowest BCUT2D eigenvalue weighted by Crippen LogP contribution is -2.43. The molecule has 3 nitrogen and oxygen atoms in total. The quantitative estimate of drug-likeness (QED) is 0.687. The average Bonchev–Trinajstić information content (AvgIpc) is 2.53. The lowest BCUT2D eigenvalue weighted by atomic mass is 10.0. The van der Waals surface area contributed by atoms with E-state index in [2.05, 4.69) is 17.5 Å². The smallest absolute Gasteiger partial charge is 0.131 e. The molecule has 1 atom stereocenters. The van der Waals surface area contributed by atoms with Crippen LogP contribution in [0.5, 0.6) is 5.75 Å². The maximum atomic E-state index is 11.6. The van der Waals surface area contributed by atoms with Crippen molar-refractivity contribution in [2.24, 2.45) is 0 Å². The van der Waals surface area contributed by atoms with Gasteiger partial charge in [0.25, 0.3) is 0 Å². The van der Waals surface area contributed by atoms with Gasteiger partial charge in [-0.2, -0.15) is 0 Å². The first-order valence-electron chi connectivity index (χ1n) is 8.26. The second-order valence-corrected chi connectivity index (χ2v) is 6.07. The summed E-state index contributed by atoms with van der Waals surface area (Å²) in [4.78, 5) is 14.0. The molecule has 1 unspecified atom stereocenters. The van der Waals surface area contributed by atoms with Crippen LogP contribution in [-0.2, 0) is 11.2 Å². The van der Waals surface area contributed by atoms with Crippen LogP contribution in [0.4, 0.5) is 0 Å². The number of hydrogen-bond acceptors (Lipinski definition) is 3. The van der Waals surface area contributed by atoms with E-state index in [4.69, 9.17) is 4.74 Å². The third kappa shape index (κ3) is 4.99. The Balaban J connectivity index is 2.00. The normalized spacial score (nSPS) is 17.0. The Morgan fingerprint density at radius 2 is 2.05 bits per heavy atom. The maximum absolute atomic E-state index is 11.6. The zero-order chi connectivity index (χ0) is 15.8. The minimum Gasteiger partial charge on any atom is -0.492 e. The number of allylic oxidation sites excluding steroid dienone is 1. The molecule has 0 radical (unpaired) electrons. The highest BCUT2D eigenvalue weighted by atomic mass is 16.5. The molecule has 0 saturated carbocycles. The van der Waals surface area contributed by atoms with Crippen LogP contribution in [0.15, 0.2) is 36.9 Å². The molecule has 0 amide bonds. The summed E-state index contributed by atoms with van der Waals surface area (Å²) in [6.07, 6.45) is 7.01. The second-order valence-electron chi connectivity index (χ2n) is 6.07. The molecule has 22 heavy (non-hydrogen) atoms. The van der Waals surface area contributed by atoms with Crippen LogP contribution in [-0.4, -0.2) is 36.4 Å². The fourth-order valence-corrected chi connectivity index (χ4v) is 3.06. The summed E-state index contributed by atoms with van der Waals surface area (Å²) in [5.74, 6) is 1.14. The van der Waals surface area contributed by atoms with Gasteiger partial charge < -0.3 is 4.74 Å². The molecule has 1 aromatic rings. The molecule has 0 bridgehead atoms. The van der Waals surface area contributed by atoms with E-state index < -0.39 is 0 Å². The molecule has 1 heterocycles. The van der Waals surface area contributed by atoms with E-state index in [0.29, 0.717) is 13.0 Å². The molecule has 1 fully saturated rings. The van der Waals surface area contributed by atoms with Gasteiger partial charge in [-0.25, -0.2) is 0 Å². The summed E-state index contributed by atoms with van der Waals surface area (Å²) in [5.41, 5.74) is 1.15. The molecular formula is C19H27NO2. The first-order chi connectivity index (χ1) is 10.7. The topological polar surface area (TPSA) is 29.5 Å². The molecule has 0 aliphatic carbocycles. The van der Waals surface area contributed by atoms with E-state index in [-0.39, 0.29) is 11.8 Å². The number of ketones is 1. The van der Waals surface area contributed by atoms with Gasteiger partial charge >= 0.3 is 0 Å². The number of Topliss-reactive ketones (excluding diaryl/α,β-unsaturated/α-hetero) is 1. The number of nitrogens with zero attached hydrogens (tertiary/aromatic N) is 1. The minimum atomic E-state index is 0.189. The fourth-order valence-electron chi connectivity index (χ4n) is 3.06. The summed E-state index contributed by atoms with van der Waals surface area (Å²) >= 11 is 0. The summed E-state index contributed by atoms with van der Waals surface area (Å²) in [5, 5.41) is 0. The standard InChI is InChI=1S/C19H27NO2/c1-3-9-17-10-5-6-11-19(17)22-15-18(14-16(2)21)20-12-7-4-8-13-20/h3,5-6,10-11,18H,1,4,7-9,12-15H2,2H3. The van der Waals surface area contributed by atoms with E-state index in [1.54, 1.807) is 6.92 Å². The van der Waals surface area contributed by atoms with E-state index in [1.807, 2.05) is 24.3 Å². The fraction of sp³-hybridized carbons (Fsp3) is 0.526. The van der Waals surface area contributed by atoms with Crippen molar-refractivity contribution >= 4 is 5.78 Å². The van der Waals surface area contributed by atoms with Crippen molar-refractivity contribution in [3.8, 4) is 5.75 Å². The van der Waals surface area contributed by atoms with Crippen molar-refractivity contribution in [1.29, 1.82) is 0 Å². The predicted octanol–water partition coefficient (Wildman–Crippen LogP) is 3.63. The highest BCUT2D eigenvalue weighted by Gasteiger charge is 2.22. The van der Waals surface area contributed by atoms with Crippen molar-refractivity contribution in [1.82, 2.24) is 4.90 Å². The number of benzene rings is 1. The number of piperidine rings is 1. The molecular weight excluding hydrogens is 274 g/mol. The Morgan fingerprint density at radius 3 is 2.73 bits per heavy atom. The lowest BCUT2D eigenvalue weighted by molar-refractivity contribution is -0.118. The number of para-hydroxylation sites is 1. The van der Waals surface area contributed by atoms with Crippen LogP contribution in [0.1, 0.15) is 38.2 Å². The Morgan fingerprint density at radius 1 is 1.32 bits per heavy atom. The Labute approximate surface area is 134 Å². The van der Waals surface area contributed by atoms with Gasteiger partial charge in [-0.15, -0.1) is 6.58 Å². The number of ether oxygens (including phenoxy) is 1. The number of carbonyl (C=O) groups excluding carboxylic acids is 1. The van der Waals surface area contributed by atoms with Gasteiger partial charge in [0, 0.05) is 6.42 Å². The average molecular weight is 301 g/mol. The number of rotatable bonds is 8. The zero-order valence-electron chi connectivity index (χ0n) is 13.6. The molecule has 0 aromatic heterocycles. The first kappa shape index (κ1) is 16.8. The van der Waals surface area contributed by atoms with Crippen LogP contribution < -0.4 is 4.74 Å². The minimum absolute atomic E-state index is 0.189. The summed E-state index contributed by atoms with van der Waals surface area (Å²) in [7, 11) is 0. The van der Waals surface area contributed by atoms with Gasteiger partial charge in [0.2, 0.25) is 0 Å². The first-order valence-corrected chi connectivity index (χ1v) is 8.26. The molecule has 1 saturated heterocycles. The monoisotopic (exact) mass is 301 g/mol. The molecule has 1 aliphatic heterocycles. The van der Waals surface area contributed by atoms with Crippen LogP contribution >= 0.6 is 0 Å². The SMILES string of the molecule is C=CCc1ccccc1OCC(CC(C)=O)N1CCCCC1. The molecule has 0 spiro atoms. The number of hydrogen-bond donors (Lipinski definition) is 0. The summed E-state index contributed by atoms with van der Waals surface area (Å²) in [6.45, 7) is 8.20. The van der Waals surface area contributed by atoms with Gasteiger partial charge in [0.1, 0.15) is 18.1 Å². The zero-order valence-corrected chi connectivity index (χ0v) is 13.6. The molecule has 2 rings (SSSR count). The van der Waals surface area contributed by atoms with Gasteiger partial charge in [-0.1, -0.05) is 30.7 Å². The van der Waals surface area contributed by atoms with Gasteiger partial charge in [0.15, 0.2) is 0 Å². The van der Waals surface area contributed by atoms with E-state index in [9.17, 15) is 4.79 Å². The maximum Gasteiger partial charge on any atom is 0.131 e. The Hall–Kier alpha value is -1.61.